The number of Topliss-reactive ketones (excluding diaryl/α,β-unsaturated/α-hetero) is 1. The van der Waals surface area contributed by atoms with Crippen LogP contribution < -0.4 is 0 Å². The maximum atomic E-state index is 14.9. The molecule has 3 fully saturated rings. The third kappa shape index (κ3) is 12.8. The maximum Gasteiger partial charge on any atom is 0.181 e. The van der Waals surface area contributed by atoms with Crippen molar-refractivity contribution in [1.82, 2.24) is 29.8 Å². The van der Waals surface area contributed by atoms with E-state index in [0.717, 1.165) is 27.1 Å². The molecule has 0 bridgehead atoms. The Kier molecular flexibility index (Phi) is 18.7. The number of methoxy groups -OCH3 is 1. The van der Waals surface area contributed by atoms with Gasteiger partial charge in [0.05, 0.1) is 65.3 Å². The van der Waals surface area contributed by atoms with Gasteiger partial charge in [-0.1, -0.05) is 51.1 Å². The Hall–Kier alpha value is -2.75. The summed E-state index contributed by atoms with van der Waals surface area (Å²) in [6.45, 7) is 25.2. The number of aliphatic hydroxyl groups is 4. The van der Waals surface area contributed by atoms with Gasteiger partial charge >= 0.3 is 0 Å². The molecule has 18 heteroatoms. The summed E-state index contributed by atoms with van der Waals surface area (Å²) in [7, 11) is 5.55. The molecule has 0 amide bonds. The van der Waals surface area contributed by atoms with Crippen molar-refractivity contribution in [3.05, 3.63) is 52.5 Å². The molecule has 0 aliphatic carbocycles. The van der Waals surface area contributed by atoms with Gasteiger partial charge in [0.15, 0.2) is 12.4 Å². The number of ketones is 1. The molecule has 4 N–H and O–H groups in total. The lowest BCUT2D eigenvalue weighted by atomic mass is 9.66. The van der Waals surface area contributed by atoms with Crippen molar-refractivity contribution >= 4 is 27.4 Å². The average Bonchev–Trinajstić information content (AvgIpc) is 3.97. The van der Waals surface area contributed by atoms with Crippen LogP contribution >= 0.6 is 15.9 Å². The molecule has 0 aromatic carbocycles. The van der Waals surface area contributed by atoms with Gasteiger partial charge in [-0.2, -0.15) is 0 Å². The first-order valence-corrected chi connectivity index (χ1v) is 26.3. The van der Waals surface area contributed by atoms with Crippen LogP contribution in [0, 0.1) is 29.6 Å². The van der Waals surface area contributed by atoms with E-state index >= 15 is 0 Å². The first-order valence-electron chi connectivity index (χ1n) is 25.5. The summed E-state index contributed by atoms with van der Waals surface area (Å²) in [5.41, 5.74) is -0.709. The Morgan fingerprint density at radius 3 is 2.40 bits per heavy atom. The lowest BCUT2D eigenvalue weighted by Crippen LogP contribution is -2.60. The molecule has 6 heterocycles. The van der Waals surface area contributed by atoms with Gasteiger partial charge in [0.2, 0.25) is 0 Å². The van der Waals surface area contributed by atoms with E-state index < -0.39 is 83.3 Å². The molecule has 394 valence electrons. The van der Waals surface area contributed by atoms with Crippen molar-refractivity contribution in [3.8, 4) is 0 Å². The van der Waals surface area contributed by atoms with Gasteiger partial charge in [0.25, 0.3) is 0 Å². The second-order valence-electron chi connectivity index (χ2n) is 22.2. The molecule has 17 nitrogen and oxygen atoms in total. The van der Waals surface area contributed by atoms with Crippen molar-refractivity contribution in [2.45, 2.75) is 199 Å². The highest BCUT2D eigenvalue weighted by atomic mass is 79.9. The summed E-state index contributed by atoms with van der Waals surface area (Å²) in [5, 5.41) is 61.3. The highest BCUT2D eigenvalue weighted by Gasteiger charge is 2.54. The minimum absolute atomic E-state index is 0.0205. The van der Waals surface area contributed by atoms with Gasteiger partial charge in [0.1, 0.15) is 16.5 Å². The van der Waals surface area contributed by atoms with Crippen LogP contribution in [0.4, 0.5) is 0 Å². The normalized spacial score (nSPS) is 41.0. The number of pyridine rings is 1. The summed E-state index contributed by atoms with van der Waals surface area (Å²) in [6, 6.07) is 3.25. The Labute approximate surface area is 424 Å². The molecule has 6 rings (SSSR count). The van der Waals surface area contributed by atoms with E-state index in [1.54, 1.807) is 31.8 Å². The van der Waals surface area contributed by atoms with Crippen LogP contribution in [-0.2, 0) is 41.5 Å². The lowest BCUT2D eigenvalue weighted by molar-refractivity contribution is -0.260. The monoisotopic (exact) mass is 1050 g/mol. The van der Waals surface area contributed by atoms with Crippen molar-refractivity contribution in [3.63, 3.8) is 0 Å². The topological polar surface area (TPSA) is 207 Å². The Bertz CT molecular complexity index is 2090. The number of hydrogen-bond acceptors (Lipinski definition) is 16. The zero-order valence-electron chi connectivity index (χ0n) is 44.0. The van der Waals surface area contributed by atoms with E-state index in [1.807, 2.05) is 78.7 Å². The first-order chi connectivity index (χ1) is 32.8. The van der Waals surface area contributed by atoms with E-state index in [0.29, 0.717) is 51.7 Å². The standard InChI is InChI=1S/C52H84BrN7O10/c1-15-37-21-42(61)32(5)45(43-24-51(10,66-14)47(63)35(8)68-43)33(6)48(50(9,64)23-29(2)26-59(13)34(7)46(62)52(37,11)65)69-49-31(4)41(20-30(3)67-49)58(12)19-18-38-27-60(57-55-38)28-39-22-40(56-70-39)36-16-17-44(53)54-25-36/h16-17,25,27,29-30,32-35,37,39,41,43,45-49,62-65H,4,15,18-24,26,28H2,1-3,5-14H3/t29-,30-,32+,33+,34-,35?,37+,39-,41+,43-,45?,46-,47+,48-,49+,50-,51-,52-/m1/s1. The fourth-order valence-electron chi connectivity index (χ4n) is 12.1. The molecule has 2 aromatic rings. The first kappa shape index (κ1) is 56.5. The number of ether oxygens (including phenoxy) is 4. The zero-order chi connectivity index (χ0) is 51.6. The number of hydrogen-bond donors (Lipinski definition) is 4. The van der Waals surface area contributed by atoms with Crippen molar-refractivity contribution in [2.75, 3.05) is 34.3 Å². The largest absolute Gasteiger partial charge is 0.390 e. The number of rotatable bonds is 12. The van der Waals surface area contributed by atoms with Crippen LogP contribution in [0.25, 0.3) is 0 Å². The number of carbonyl (C=O) groups is 1. The van der Waals surface area contributed by atoms with E-state index in [4.69, 9.17) is 23.8 Å². The van der Waals surface area contributed by atoms with Crippen LogP contribution in [0.5, 0.6) is 0 Å². The SMILES string of the molecule is C=C1[C@H](O[C@@H]2[C@@H](C)C([C@H]3C[C@@](C)(OC)[C@@H](O)C(C)O3)[C@@H](C)C(=O)C[C@H](CC)[C@@](C)(O)[C@H](O)[C@@H](C)N(C)C[C@H](C)C[C@@]2(C)O)O[C@H](C)C[C@@H]1N(C)CCc1cn(C[C@H]2CC(c3ccc(Br)nc3)=NO2)nn1. The van der Waals surface area contributed by atoms with Crippen LogP contribution in [-0.4, -0.2) is 174 Å². The fourth-order valence-corrected chi connectivity index (χ4v) is 12.3. The molecule has 3 saturated heterocycles. The van der Waals surface area contributed by atoms with Gasteiger partial charge in [0, 0.05) is 81.8 Å². The van der Waals surface area contributed by atoms with Crippen molar-refractivity contribution in [2.24, 2.45) is 34.7 Å². The van der Waals surface area contributed by atoms with Crippen LogP contribution in [0.2, 0.25) is 0 Å². The molecule has 2 aromatic heterocycles. The third-order valence-electron chi connectivity index (χ3n) is 16.6. The van der Waals surface area contributed by atoms with Crippen molar-refractivity contribution in [1.29, 1.82) is 0 Å². The van der Waals surface area contributed by atoms with Gasteiger partial charge < -0.3 is 49.1 Å². The number of carbonyl (C=O) groups excluding carboxylic acids is 1. The lowest BCUT2D eigenvalue weighted by Gasteiger charge is -2.51. The van der Waals surface area contributed by atoms with Gasteiger partial charge in [-0.25, -0.2) is 9.67 Å². The molecule has 0 saturated carbocycles. The maximum absolute atomic E-state index is 14.9. The smallest absolute Gasteiger partial charge is 0.181 e. The van der Waals surface area contributed by atoms with E-state index in [9.17, 15) is 25.2 Å². The summed E-state index contributed by atoms with van der Waals surface area (Å²) in [6.07, 6.45) is 1.23. The number of aromatic nitrogens is 4. The molecule has 0 radical (unpaired) electrons. The third-order valence-corrected chi connectivity index (χ3v) is 17.0. The Morgan fingerprint density at radius 1 is 1.03 bits per heavy atom. The summed E-state index contributed by atoms with van der Waals surface area (Å²) < 4.78 is 29.1. The highest BCUT2D eigenvalue weighted by molar-refractivity contribution is 9.10. The van der Waals surface area contributed by atoms with E-state index in [-0.39, 0.29) is 42.8 Å². The van der Waals surface area contributed by atoms with Gasteiger partial charge in [-0.3, -0.25) is 9.69 Å². The number of nitrogens with zero attached hydrogens (tertiary/aromatic N) is 7. The van der Waals surface area contributed by atoms with Crippen LogP contribution in [0.3, 0.4) is 0 Å². The van der Waals surface area contributed by atoms with Gasteiger partial charge in [-0.15, -0.1) is 5.10 Å². The minimum atomic E-state index is -1.57. The molecular formula is C52H84BrN7O10. The second-order valence-corrected chi connectivity index (χ2v) is 23.0. The predicted octanol–water partition coefficient (Wildman–Crippen LogP) is 5.59. The highest BCUT2D eigenvalue weighted by Crippen LogP contribution is 2.46. The summed E-state index contributed by atoms with van der Waals surface area (Å²) in [4.78, 5) is 29.2. The molecule has 0 spiro atoms. The van der Waals surface area contributed by atoms with Gasteiger partial charge in [-0.05, 0) is 126 Å². The number of aliphatic hydroxyl groups excluding tert-OH is 2. The average molecular weight is 1050 g/mol. The Morgan fingerprint density at radius 2 is 1.74 bits per heavy atom. The number of likely N-dealkylation sites (N-methyl/N-ethyl adjacent to an activating group) is 2. The zero-order valence-corrected chi connectivity index (χ0v) is 45.6. The van der Waals surface area contributed by atoms with Crippen LogP contribution in [0.1, 0.15) is 119 Å². The number of halogens is 1. The second kappa shape index (κ2) is 23.2. The predicted molar refractivity (Wildman–Crippen MR) is 270 cm³/mol. The molecule has 4 aliphatic rings. The molecule has 18 atom stereocenters. The Balaban J connectivity index is 1.25. The van der Waals surface area contributed by atoms with Crippen molar-refractivity contribution < 1.29 is 49.0 Å². The van der Waals surface area contributed by atoms with E-state index in [1.165, 1.54) is 0 Å². The minimum Gasteiger partial charge on any atom is -0.390 e. The molecule has 70 heavy (non-hydrogen) atoms. The molecule has 2 unspecified atom stereocenters. The molecule has 4 aliphatic heterocycles. The quantitative estimate of drug-likeness (QED) is 0.151. The molecular weight excluding hydrogens is 963 g/mol. The summed E-state index contributed by atoms with van der Waals surface area (Å²) in [5.74, 6) is -2.48. The summed E-state index contributed by atoms with van der Waals surface area (Å²) >= 11 is 3.38. The van der Waals surface area contributed by atoms with E-state index in [2.05, 4.69) is 61.8 Å². The van der Waals surface area contributed by atoms with Crippen LogP contribution in [0.15, 0.2) is 46.4 Å². The fraction of sp³-hybridized carbons (Fsp3) is 0.788. The number of oxime groups is 1.